The Morgan fingerprint density at radius 1 is 1.17 bits per heavy atom. The minimum atomic E-state index is -0.165. The Labute approximate surface area is 143 Å². The number of ether oxygens (including phenoxy) is 1. The van der Waals surface area contributed by atoms with Crippen LogP contribution in [0, 0.1) is 0 Å². The van der Waals surface area contributed by atoms with E-state index in [4.69, 9.17) is 4.74 Å². The first-order valence-corrected chi connectivity index (χ1v) is 8.60. The van der Waals surface area contributed by atoms with E-state index >= 15 is 0 Å². The molecule has 2 amide bonds. The van der Waals surface area contributed by atoms with Crippen molar-refractivity contribution in [3.05, 3.63) is 30.3 Å². The molecule has 2 aliphatic rings. The maximum atomic E-state index is 12.4. The van der Waals surface area contributed by atoms with E-state index in [0.29, 0.717) is 32.5 Å². The summed E-state index contributed by atoms with van der Waals surface area (Å²) in [4.78, 5) is 30.5. The maximum absolute atomic E-state index is 12.4. The summed E-state index contributed by atoms with van der Waals surface area (Å²) in [6.07, 6.45) is 1.15. The summed E-state index contributed by atoms with van der Waals surface area (Å²) in [5.41, 5.74) is 0. The molecule has 1 atom stereocenters. The lowest BCUT2D eigenvalue weighted by Gasteiger charge is -2.45. The van der Waals surface area contributed by atoms with E-state index in [2.05, 4.69) is 4.90 Å². The number of carbonyl (C=O) groups is 2. The number of amides is 2. The van der Waals surface area contributed by atoms with Crippen LogP contribution in [0.4, 0.5) is 0 Å². The van der Waals surface area contributed by atoms with Gasteiger partial charge in [0.25, 0.3) is 0 Å². The monoisotopic (exact) mass is 331 g/mol. The Balaban J connectivity index is 1.43. The van der Waals surface area contributed by atoms with Crippen LogP contribution in [0.5, 0.6) is 5.75 Å². The largest absolute Gasteiger partial charge is 0.494 e. The second-order valence-electron chi connectivity index (χ2n) is 6.42. The van der Waals surface area contributed by atoms with Crippen molar-refractivity contribution in [2.24, 2.45) is 0 Å². The summed E-state index contributed by atoms with van der Waals surface area (Å²) in [5.74, 6) is 1.08. The highest BCUT2D eigenvalue weighted by Crippen LogP contribution is 2.17. The van der Waals surface area contributed by atoms with Crippen LogP contribution in [0.1, 0.15) is 12.8 Å². The molecule has 2 fully saturated rings. The Hall–Kier alpha value is -2.08. The van der Waals surface area contributed by atoms with Crippen LogP contribution in [-0.4, -0.2) is 78.9 Å². The van der Waals surface area contributed by atoms with Gasteiger partial charge in [0.15, 0.2) is 0 Å². The number of carbonyl (C=O) groups excluding carboxylic acids is 2. The van der Waals surface area contributed by atoms with Crippen molar-refractivity contribution in [2.45, 2.75) is 18.9 Å². The molecule has 0 aromatic heterocycles. The first-order chi connectivity index (χ1) is 11.6. The zero-order valence-corrected chi connectivity index (χ0v) is 14.2. The predicted molar refractivity (Wildman–Crippen MR) is 90.7 cm³/mol. The van der Waals surface area contributed by atoms with Gasteiger partial charge in [0.05, 0.1) is 6.61 Å². The number of fused-ring (bicyclic) bond motifs is 1. The highest BCUT2D eigenvalue weighted by molar-refractivity contribution is 5.84. The molecule has 6 nitrogen and oxygen atoms in total. The SMILES string of the molecule is CN1CCN2CCN(C(=O)CCCOc3ccccc3)C[C@@H]2C1=O. The normalized spacial score (nSPS) is 21.5. The zero-order valence-electron chi connectivity index (χ0n) is 14.2. The van der Waals surface area contributed by atoms with Crippen molar-refractivity contribution in [3.63, 3.8) is 0 Å². The second kappa shape index (κ2) is 7.66. The molecule has 0 unspecified atom stereocenters. The van der Waals surface area contributed by atoms with E-state index in [0.717, 1.165) is 25.4 Å². The van der Waals surface area contributed by atoms with Crippen LogP contribution in [0.2, 0.25) is 0 Å². The Morgan fingerprint density at radius 2 is 1.92 bits per heavy atom. The van der Waals surface area contributed by atoms with Crippen LogP contribution in [-0.2, 0) is 9.59 Å². The lowest BCUT2D eigenvalue weighted by molar-refractivity contribution is -0.147. The molecule has 2 heterocycles. The van der Waals surface area contributed by atoms with Gasteiger partial charge >= 0.3 is 0 Å². The van der Waals surface area contributed by atoms with E-state index in [1.807, 2.05) is 42.3 Å². The van der Waals surface area contributed by atoms with E-state index < -0.39 is 0 Å². The van der Waals surface area contributed by atoms with Gasteiger partial charge < -0.3 is 14.5 Å². The number of hydrogen-bond acceptors (Lipinski definition) is 4. The molecule has 1 aromatic carbocycles. The minimum absolute atomic E-state index is 0.118. The van der Waals surface area contributed by atoms with Crippen LogP contribution in [0.3, 0.4) is 0 Å². The van der Waals surface area contributed by atoms with Gasteiger partial charge in [-0.05, 0) is 18.6 Å². The molecule has 130 valence electrons. The molecule has 0 N–H and O–H groups in total. The van der Waals surface area contributed by atoms with Gasteiger partial charge in [0.1, 0.15) is 11.8 Å². The highest BCUT2D eigenvalue weighted by atomic mass is 16.5. The fourth-order valence-corrected chi connectivity index (χ4v) is 3.28. The molecule has 0 saturated carbocycles. The third-order valence-electron chi connectivity index (χ3n) is 4.77. The van der Waals surface area contributed by atoms with E-state index in [9.17, 15) is 9.59 Å². The van der Waals surface area contributed by atoms with Gasteiger partial charge in [-0.15, -0.1) is 0 Å². The van der Waals surface area contributed by atoms with Gasteiger partial charge in [0, 0.05) is 46.2 Å². The second-order valence-corrected chi connectivity index (χ2v) is 6.42. The number of likely N-dealkylation sites (N-methyl/N-ethyl adjacent to an activating group) is 1. The smallest absolute Gasteiger partial charge is 0.241 e. The first-order valence-electron chi connectivity index (χ1n) is 8.60. The number of hydrogen-bond donors (Lipinski definition) is 0. The number of piperazine rings is 2. The first kappa shape index (κ1) is 16.8. The molecule has 2 saturated heterocycles. The van der Waals surface area contributed by atoms with Gasteiger partial charge in [-0.2, -0.15) is 0 Å². The van der Waals surface area contributed by atoms with Crippen molar-refractivity contribution in [3.8, 4) is 5.75 Å². The van der Waals surface area contributed by atoms with Crippen molar-refractivity contribution in [2.75, 3.05) is 46.4 Å². The summed E-state index contributed by atoms with van der Waals surface area (Å²) < 4.78 is 5.62. The molecule has 24 heavy (non-hydrogen) atoms. The van der Waals surface area contributed by atoms with Crippen LogP contribution in [0.25, 0.3) is 0 Å². The fraction of sp³-hybridized carbons (Fsp3) is 0.556. The summed E-state index contributed by atoms with van der Waals surface area (Å²) in [7, 11) is 1.83. The van der Waals surface area contributed by atoms with E-state index in [1.165, 1.54) is 0 Å². The molecule has 0 spiro atoms. The van der Waals surface area contributed by atoms with Crippen LogP contribution < -0.4 is 4.74 Å². The van der Waals surface area contributed by atoms with Gasteiger partial charge in [-0.3, -0.25) is 14.5 Å². The van der Waals surface area contributed by atoms with E-state index in [1.54, 1.807) is 4.90 Å². The molecule has 2 aliphatic heterocycles. The molecule has 0 bridgehead atoms. The number of para-hydroxylation sites is 1. The summed E-state index contributed by atoms with van der Waals surface area (Å²) >= 11 is 0. The van der Waals surface area contributed by atoms with Gasteiger partial charge in [-0.25, -0.2) is 0 Å². The molecule has 6 heteroatoms. The van der Waals surface area contributed by atoms with Crippen LogP contribution in [0.15, 0.2) is 30.3 Å². The summed E-state index contributed by atoms with van der Waals surface area (Å²) in [5, 5.41) is 0. The van der Waals surface area contributed by atoms with Crippen molar-refractivity contribution >= 4 is 11.8 Å². The Bertz CT molecular complexity index is 578. The summed E-state index contributed by atoms with van der Waals surface area (Å²) in [6.45, 7) is 4.23. The Morgan fingerprint density at radius 3 is 2.71 bits per heavy atom. The average molecular weight is 331 g/mol. The third kappa shape index (κ3) is 3.87. The molecule has 0 radical (unpaired) electrons. The molecular formula is C18H25N3O3. The summed E-state index contributed by atoms with van der Waals surface area (Å²) in [6, 6.07) is 9.46. The van der Waals surface area contributed by atoms with Gasteiger partial charge in [0.2, 0.25) is 11.8 Å². The standard InChI is InChI=1S/C18H25N3O3/c1-19-9-10-20-11-12-21(14-16(20)18(19)23)17(22)8-5-13-24-15-6-3-2-4-7-15/h2-4,6-7,16H,5,8-14H2,1H3/t16-/m1/s1. The zero-order chi connectivity index (χ0) is 16.9. The topological polar surface area (TPSA) is 53.1 Å². The quantitative estimate of drug-likeness (QED) is 0.750. The lowest BCUT2D eigenvalue weighted by Crippen LogP contribution is -2.64. The number of nitrogens with zero attached hydrogens (tertiary/aromatic N) is 3. The molecular weight excluding hydrogens is 306 g/mol. The number of rotatable bonds is 5. The van der Waals surface area contributed by atoms with Crippen LogP contribution >= 0.6 is 0 Å². The minimum Gasteiger partial charge on any atom is -0.494 e. The lowest BCUT2D eigenvalue weighted by atomic mass is 10.1. The van der Waals surface area contributed by atoms with Gasteiger partial charge in [-0.1, -0.05) is 18.2 Å². The Kier molecular flexibility index (Phi) is 5.35. The molecule has 3 rings (SSSR count). The molecule has 1 aromatic rings. The highest BCUT2D eigenvalue weighted by Gasteiger charge is 2.38. The third-order valence-corrected chi connectivity index (χ3v) is 4.77. The van der Waals surface area contributed by atoms with E-state index in [-0.39, 0.29) is 17.9 Å². The average Bonchev–Trinajstić information content (AvgIpc) is 2.62. The van der Waals surface area contributed by atoms with Crippen molar-refractivity contribution in [1.82, 2.24) is 14.7 Å². The maximum Gasteiger partial charge on any atom is 0.241 e. The predicted octanol–water partition coefficient (Wildman–Crippen LogP) is 0.830. The van der Waals surface area contributed by atoms with Crippen molar-refractivity contribution in [1.29, 1.82) is 0 Å². The number of benzene rings is 1. The molecule has 0 aliphatic carbocycles. The van der Waals surface area contributed by atoms with Crippen molar-refractivity contribution < 1.29 is 14.3 Å². The fourth-order valence-electron chi connectivity index (χ4n) is 3.28.